The molecule has 4 heteroatoms. The van der Waals surface area contributed by atoms with Crippen molar-refractivity contribution < 1.29 is 4.79 Å². The van der Waals surface area contributed by atoms with E-state index in [4.69, 9.17) is 23.2 Å². The van der Waals surface area contributed by atoms with Crippen molar-refractivity contribution in [3.8, 4) is 0 Å². The van der Waals surface area contributed by atoms with E-state index in [1.807, 2.05) is 0 Å². The highest BCUT2D eigenvalue weighted by Crippen LogP contribution is 2.05. The quantitative estimate of drug-likeness (QED) is 0.646. The average molecular weight is 183 g/mol. The van der Waals surface area contributed by atoms with Crippen molar-refractivity contribution in [2.24, 2.45) is 0 Å². The standard InChI is InChI=1S/C6H10Cl2NO/c1-6(2,3)9-5(10)4(7)8/h4H,1H2,2-3H3,(H,9,10). The van der Waals surface area contributed by atoms with Gasteiger partial charge >= 0.3 is 0 Å². The summed E-state index contributed by atoms with van der Waals surface area (Å²) in [5.41, 5.74) is -0.515. The molecular weight excluding hydrogens is 173 g/mol. The van der Waals surface area contributed by atoms with E-state index in [0.717, 1.165) is 0 Å². The molecule has 0 bridgehead atoms. The van der Waals surface area contributed by atoms with Gasteiger partial charge in [-0.15, -0.1) is 0 Å². The summed E-state index contributed by atoms with van der Waals surface area (Å²) in [7, 11) is 0. The van der Waals surface area contributed by atoms with Crippen molar-refractivity contribution >= 4 is 29.1 Å². The van der Waals surface area contributed by atoms with Crippen LogP contribution in [-0.2, 0) is 4.79 Å². The van der Waals surface area contributed by atoms with Gasteiger partial charge in [0, 0.05) is 5.54 Å². The van der Waals surface area contributed by atoms with E-state index in [1.54, 1.807) is 13.8 Å². The van der Waals surface area contributed by atoms with Crippen LogP contribution in [0.25, 0.3) is 0 Å². The maximum Gasteiger partial charge on any atom is 0.253 e. The van der Waals surface area contributed by atoms with Crippen LogP contribution in [0, 0.1) is 6.92 Å². The first-order valence-corrected chi connectivity index (χ1v) is 3.66. The fourth-order valence-electron chi connectivity index (χ4n) is 0.388. The minimum Gasteiger partial charge on any atom is -0.349 e. The van der Waals surface area contributed by atoms with Crippen LogP contribution < -0.4 is 5.32 Å². The molecule has 0 aromatic heterocycles. The maximum atomic E-state index is 10.7. The Hall–Kier alpha value is 0.0500. The summed E-state index contributed by atoms with van der Waals surface area (Å²) in [5.74, 6) is -0.414. The third-order valence-corrected chi connectivity index (χ3v) is 1.06. The second kappa shape index (κ2) is 3.44. The Kier molecular flexibility index (Phi) is 3.46. The fraction of sp³-hybridized carbons (Fsp3) is 0.667. The summed E-state index contributed by atoms with van der Waals surface area (Å²) in [6.45, 7) is 7.15. The molecule has 0 unspecified atom stereocenters. The first kappa shape index (κ1) is 10.0. The molecule has 0 atom stereocenters. The van der Waals surface area contributed by atoms with Gasteiger partial charge in [-0.25, -0.2) is 0 Å². The minimum atomic E-state index is -1.01. The van der Waals surface area contributed by atoms with E-state index in [-0.39, 0.29) is 0 Å². The Morgan fingerprint density at radius 2 is 2.00 bits per heavy atom. The first-order valence-electron chi connectivity index (χ1n) is 2.78. The topological polar surface area (TPSA) is 29.1 Å². The fourth-order valence-corrected chi connectivity index (χ4v) is 0.497. The van der Waals surface area contributed by atoms with Crippen LogP contribution in [0.15, 0.2) is 0 Å². The summed E-state index contributed by atoms with van der Waals surface area (Å²) in [5, 5.41) is 2.50. The van der Waals surface area contributed by atoms with Gasteiger partial charge in [-0.1, -0.05) is 23.2 Å². The Morgan fingerprint density at radius 1 is 1.60 bits per heavy atom. The highest BCUT2D eigenvalue weighted by Gasteiger charge is 2.18. The molecular formula is C6H10Cl2NO. The van der Waals surface area contributed by atoms with Crippen LogP contribution in [0.4, 0.5) is 0 Å². The van der Waals surface area contributed by atoms with Crippen molar-refractivity contribution in [1.29, 1.82) is 0 Å². The number of nitrogens with one attached hydrogen (secondary N) is 1. The van der Waals surface area contributed by atoms with E-state index in [0.29, 0.717) is 0 Å². The van der Waals surface area contributed by atoms with Crippen molar-refractivity contribution in [3.05, 3.63) is 6.92 Å². The number of hydrogen-bond acceptors (Lipinski definition) is 1. The minimum absolute atomic E-state index is 0.414. The average Bonchev–Trinajstić information content (AvgIpc) is 1.60. The summed E-state index contributed by atoms with van der Waals surface area (Å²) >= 11 is 10.5. The normalized spacial score (nSPS) is 11.8. The maximum absolute atomic E-state index is 10.7. The number of hydrogen-bond donors (Lipinski definition) is 1. The van der Waals surface area contributed by atoms with E-state index in [1.165, 1.54) is 0 Å². The van der Waals surface area contributed by atoms with E-state index < -0.39 is 16.3 Å². The van der Waals surface area contributed by atoms with Gasteiger partial charge in [-0.2, -0.15) is 0 Å². The molecule has 0 aromatic rings. The molecule has 0 rings (SSSR count). The molecule has 1 radical (unpaired) electrons. The SMILES string of the molecule is [CH2]C(C)(C)NC(=O)C(Cl)Cl. The molecule has 0 aliphatic rings. The van der Waals surface area contributed by atoms with Crippen molar-refractivity contribution in [3.63, 3.8) is 0 Å². The molecule has 0 aliphatic heterocycles. The van der Waals surface area contributed by atoms with E-state index in [9.17, 15) is 4.79 Å². The van der Waals surface area contributed by atoms with Crippen LogP contribution in [-0.4, -0.2) is 16.3 Å². The number of alkyl halides is 2. The number of carbonyl (C=O) groups excluding carboxylic acids is 1. The third kappa shape index (κ3) is 4.89. The van der Waals surface area contributed by atoms with Crippen LogP contribution in [0.3, 0.4) is 0 Å². The van der Waals surface area contributed by atoms with Crippen molar-refractivity contribution in [2.45, 2.75) is 24.2 Å². The molecule has 0 saturated heterocycles. The summed E-state index contributed by atoms with van der Waals surface area (Å²) in [6.07, 6.45) is 0. The molecule has 0 heterocycles. The van der Waals surface area contributed by atoms with Crippen LogP contribution >= 0.6 is 23.2 Å². The largest absolute Gasteiger partial charge is 0.349 e. The van der Waals surface area contributed by atoms with Gasteiger partial charge < -0.3 is 5.32 Å². The molecule has 59 valence electrons. The van der Waals surface area contributed by atoms with E-state index >= 15 is 0 Å². The molecule has 0 aromatic carbocycles. The van der Waals surface area contributed by atoms with Gasteiger partial charge in [0.25, 0.3) is 5.91 Å². The molecule has 10 heavy (non-hydrogen) atoms. The zero-order valence-corrected chi connectivity index (χ0v) is 7.46. The van der Waals surface area contributed by atoms with Gasteiger partial charge in [-0.05, 0) is 20.8 Å². The zero-order chi connectivity index (χ0) is 8.36. The number of carbonyl (C=O) groups is 1. The molecule has 0 spiro atoms. The van der Waals surface area contributed by atoms with Gasteiger partial charge in [-0.3, -0.25) is 4.79 Å². The lowest BCUT2D eigenvalue weighted by atomic mass is 10.1. The number of amides is 1. The lowest BCUT2D eigenvalue weighted by Crippen LogP contribution is -2.43. The van der Waals surface area contributed by atoms with Gasteiger partial charge in [0.05, 0.1) is 0 Å². The predicted octanol–water partition coefficient (Wildman–Crippen LogP) is 1.52. The number of rotatable bonds is 2. The summed E-state index contributed by atoms with van der Waals surface area (Å²) in [6, 6.07) is 0. The Balaban J connectivity index is 3.81. The Labute approximate surface area is 70.9 Å². The van der Waals surface area contributed by atoms with Crippen LogP contribution in [0.2, 0.25) is 0 Å². The Morgan fingerprint density at radius 3 is 2.10 bits per heavy atom. The zero-order valence-electron chi connectivity index (χ0n) is 5.95. The molecule has 0 saturated carbocycles. The van der Waals surface area contributed by atoms with Gasteiger partial charge in [0.15, 0.2) is 4.84 Å². The predicted molar refractivity (Wildman–Crippen MR) is 43.1 cm³/mol. The second-order valence-electron chi connectivity index (χ2n) is 2.67. The van der Waals surface area contributed by atoms with Gasteiger partial charge in [0.2, 0.25) is 0 Å². The molecule has 2 nitrogen and oxygen atoms in total. The highest BCUT2D eigenvalue weighted by molar-refractivity contribution is 6.53. The lowest BCUT2D eigenvalue weighted by molar-refractivity contribution is -0.120. The van der Waals surface area contributed by atoms with Gasteiger partial charge in [0.1, 0.15) is 0 Å². The molecule has 1 N–H and O–H groups in total. The summed E-state index contributed by atoms with van der Waals surface area (Å²) < 4.78 is 0. The van der Waals surface area contributed by atoms with Crippen LogP contribution in [0.1, 0.15) is 13.8 Å². The molecule has 1 amide bonds. The van der Waals surface area contributed by atoms with E-state index in [2.05, 4.69) is 12.2 Å². The van der Waals surface area contributed by atoms with Crippen molar-refractivity contribution in [2.75, 3.05) is 0 Å². The monoisotopic (exact) mass is 182 g/mol. The van der Waals surface area contributed by atoms with Crippen LogP contribution in [0.5, 0.6) is 0 Å². The second-order valence-corrected chi connectivity index (χ2v) is 3.77. The molecule has 0 fully saturated rings. The smallest absolute Gasteiger partial charge is 0.253 e. The van der Waals surface area contributed by atoms with Crippen molar-refractivity contribution in [1.82, 2.24) is 5.32 Å². The molecule has 0 aliphatic carbocycles. The summed E-state index contributed by atoms with van der Waals surface area (Å²) in [4.78, 5) is 9.73. The highest BCUT2D eigenvalue weighted by atomic mass is 35.5. The number of halogens is 2. The first-order chi connectivity index (χ1) is 4.33. The Bertz CT molecular complexity index is 128. The lowest BCUT2D eigenvalue weighted by Gasteiger charge is -2.20. The third-order valence-electron chi connectivity index (χ3n) is 0.660.